The molecule has 0 aromatic heterocycles. The number of carbonyl (C=O) groups excluding carboxylic acids is 1. The Bertz CT molecular complexity index is 1210. The van der Waals surface area contributed by atoms with E-state index >= 15 is 0 Å². The summed E-state index contributed by atoms with van der Waals surface area (Å²) >= 11 is 9.71. The Morgan fingerprint density at radius 1 is 1.16 bits per heavy atom. The molecule has 0 aliphatic rings. The summed E-state index contributed by atoms with van der Waals surface area (Å²) in [4.78, 5) is 12.7. The Morgan fingerprint density at radius 2 is 1.94 bits per heavy atom. The second-order valence-corrected chi connectivity index (χ2v) is 8.37. The number of hydrogen-bond acceptors (Lipinski definition) is 3. The molecule has 0 atom stereocenters. The molecule has 0 unspecified atom stereocenters. The van der Waals surface area contributed by atoms with Gasteiger partial charge in [0.05, 0.1) is 6.61 Å². The fraction of sp³-hybridized carbons (Fsp3) is 0.154. The maximum Gasteiger partial charge on any atom is 0.266 e. The first-order valence-electron chi connectivity index (χ1n) is 10.1. The first-order chi connectivity index (χ1) is 15.4. The SMILES string of the molecule is CCOc1cc(/C=C(\C#N)C(=O)Nc2cccc(Cl)c2C)ccc1Cc1ccccc1Br. The van der Waals surface area contributed by atoms with E-state index in [1.165, 1.54) is 0 Å². The van der Waals surface area contributed by atoms with Crippen molar-refractivity contribution in [2.45, 2.75) is 20.3 Å². The van der Waals surface area contributed by atoms with E-state index < -0.39 is 5.91 Å². The molecule has 0 fully saturated rings. The van der Waals surface area contributed by atoms with Crippen molar-refractivity contribution in [1.82, 2.24) is 0 Å². The standard InChI is InChI=1S/C26H22BrClN2O2/c1-3-32-25-14-18(11-12-20(25)15-19-7-4-5-8-22(19)27)13-21(16-29)26(31)30-24-10-6-9-23(28)17(24)2/h4-14H,3,15H2,1-2H3,(H,30,31)/b21-13+. The van der Waals surface area contributed by atoms with Crippen molar-refractivity contribution in [2.24, 2.45) is 0 Å². The summed E-state index contributed by atoms with van der Waals surface area (Å²) in [6.45, 7) is 4.24. The normalized spacial score (nSPS) is 11.0. The molecule has 1 amide bonds. The third-order valence-corrected chi connectivity index (χ3v) is 6.10. The summed E-state index contributed by atoms with van der Waals surface area (Å²) in [6.07, 6.45) is 2.25. The van der Waals surface area contributed by atoms with E-state index in [4.69, 9.17) is 16.3 Å². The largest absolute Gasteiger partial charge is 0.494 e. The number of nitrogens with zero attached hydrogens (tertiary/aromatic N) is 1. The minimum Gasteiger partial charge on any atom is -0.494 e. The number of ether oxygens (including phenoxy) is 1. The van der Waals surface area contributed by atoms with Gasteiger partial charge in [0.2, 0.25) is 0 Å². The van der Waals surface area contributed by atoms with E-state index in [1.807, 2.05) is 56.3 Å². The lowest BCUT2D eigenvalue weighted by atomic mass is 10.0. The van der Waals surface area contributed by atoms with E-state index in [1.54, 1.807) is 24.3 Å². The van der Waals surface area contributed by atoms with Gasteiger partial charge in [-0.15, -0.1) is 0 Å². The van der Waals surface area contributed by atoms with Gasteiger partial charge in [0, 0.05) is 21.6 Å². The molecule has 162 valence electrons. The minimum atomic E-state index is -0.492. The molecule has 0 bridgehead atoms. The molecule has 0 saturated heterocycles. The van der Waals surface area contributed by atoms with Gasteiger partial charge in [-0.25, -0.2) is 0 Å². The highest BCUT2D eigenvalue weighted by Gasteiger charge is 2.13. The monoisotopic (exact) mass is 508 g/mol. The number of carbonyl (C=O) groups is 1. The number of benzene rings is 3. The predicted octanol–water partition coefficient (Wildman–Crippen LogP) is 6.95. The van der Waals surface area contributed by atoms with Crippen LogP contribution in [-0.4, -0.2) is 12.5 Å². The van der Waals surface area contributed by atoms with Crippen molar-refractivity contribution in [2.75, 3.05) is 11.9 Å². The van der Waals surface area contributed by atoms with Gasteiger partial charge in [0.25, 0.3) is 5.91 Å². The van der Waals surface area contributed by atoms with E-state index in [0.717, 1.165) is 26.9 Å². The maximum absolute atomic E-state index is 12.7. The first-order valence-corrected chi connectivity index (χ1v) is 11.3. The summed E-state index contributed by atoms with van der Waals surface area (Å²) in [6, 6.07) is 21.0. The average molecular weight is 510 g/mol. The van der Waals surface area contributed by atoms with Gasteiger partial charge in [0.15, 0.2) is 0 Å². The molecular formula is C26H22BrClN2O2. The van der Waals surface area contributed by atoms with E-state index in [9.17, 15) is 10.1 Å². The summed E-state index contributed by atoms with van der Waals surface area (Å²) in [5, 5.41) is 12.9. The molecule has 0 aliphatic carbocycles. The molecule has 0 heterocycles. The first kappa shape index (κ1) is 23.6. The van der Waals surface area contributed by atoms with Gasteiger partial charge in [0.1, 0.15) is 17.4 Å². The minimum absolute atomic E-state index is 0.00891. The zero-order chi connectivity index (χ0) is 23.1. The van der Waals surface area contributed by atoms with Crippen LogP contribution in [0, 0.1) is 18.3 Å². The predicted molar refractivity (Wildman–Crippen MR) is 133 cm³/mol. The van der Waals surface area contributed by atoms with Crippen LogP contribution >= 0.6 is 27.5 Å². The molecule has 1 N–H and O–H groups in total. The lowest BCUT2D eigenvalue weighted by Gasteiger charge is -2.13. The van der Waals surface area contributed by atoms with Gasteiger partial charge in [-0.1, -0.05) is 63.9 Å². The zero-order valence-corrected chi connectivity index (χ0v) is 20.1. The van der Waals surface area contributed by atoms with Crippen LogP contribution < -0.4 is 10.1 Å². The van der Waals surface area contributed by atoms with Crippen molar-refractivity contribution in [3.05, 3.63) is 98.0 Å². The van der Waals surface area contributed by atoms with Crippen LogP contribution in [0.2, 0.25) is 5.02 Å². The number of halogens is 2. The van der Waals surface area contributed by atoms with Gasteiger partial charge in [-0.2, -0.15) is 5.26 Å². The summed E-state index contributed by atoms with van der Waals surface area (Å²) in [7, 11) is 0. The Hall–Kier alpha value is -3.07. The van der Waals surface area contributed by atoms with Gasteiger partial charge in [-0.3, -0.25) is 4.79 Å². The van der Waals surface area contributed by atoms with Gasteiger partial charge < -0.3 is 10.1 Å². The van der Waals surface area contributed by atoms with Gasteiger partial charge in [-0.05, 0) is 66.4 Å². The highest BCUT2D eigenvalue weighted by Crippen LogP contribution is 2.28. The number of amides is 1. The fourth-order valence-corrected chi connectivity index (χ4v) is 3.79. The van der Waals surface area contributed by atoms with E-state index in [-0.39, 0.29) is 5.57 Å². The van der Waals surface area contributed by atoms with Crippen LogP contribution in [-0.2, 0) is 11.2 Å². The molecule has 0 saturated carbocycles. The molecule has 0 aliphatic heterocycles. The van der Waals surface area contributed by atoms with E-state index in [0.29, 0.717) is 29.3 Å². The van der Waals surface area contributed by atoms with Crippen molar-refractivity contribution in [3.63, 3.8) is 0 Å². The molecule has 3 aromatic carbocycles. The van der Waals surface area contributed by atoms with Crippen LogP contribution in [0.15, 0.2) is 70.7 Å². The van der Waals surface area contributed by atoms with Gasteiger partial charge >= 0.3 is 0 Å². The molecule has 4 nitrogen and oxygen atoms in total. The highest BCUT2D eigenvalue weighted by molar-refractivity contribution is 9.10. The van der Waals surface area contributed by atoms with Crippen molar-refractivity contribution < 1.29 is 9.53 Å². The van der Waals surface area contributed by atoms with Crippen LogP contribution in [0.3, 0.4) is 0 Å². The van der Waals surface area contributed by atoms with Crippen LogP contribution in [0.1, 0.15) is 29.2 Å². The lowest BCUT2D eigenvalue weighted by molar-refractivity contribution is -0.112. The van der Waals surface area contributed by atoms with Crippen molar-refractivity contribution in [1.29, 1.82) is 5.26 Å². The molecule has 0 spiro atoms. The number of hydrogen-bond donors (Lipinski definition) is 1. The second-order valence-electron chi connectivity index (χ2n) is 7.10. The molecule has 3 rings (SSSR count). The number of anilines is 1. The maximum atomic E-state index is 12.7. The number of rotatable bonds is 7. The third kappa shape index (κ3) is 5.79. The zero-order valence-electron chi connectivity index (χ0n) is 17.8. The molecule has 6 heteroatoms. The topological polar surface area (TPSA) is 62.1 Å². The Kier molecular flexibility index (Phi) is 8.10. The molecule has 3 aromatic rings. The fourth-order valence-electron chi connectivity index (χ4n) is 3.19. The van der Waals surface area contributed by atoms with E-state index in [2.05, 4.69) is 27.3 Å². The number of nitriles is 1. The van der Waals surface area contributed by atoms with Crippen molar-refractivity contribution >= 4 is 45.2 Å². The summed E-state index contributed by atoms with van der Waals surface area (Å²) in [5.41, 5.74) is 4.18. The molecule has 32 heavy (non-hydrogen) atoms. The number of nitrogens with one attached hydrogen (secondary N) is 1. The summed E-state index contributed by atoms with van der Waals surface area (Å²) < 4.78 is 6.88. The second kappa shape index (κ2) is 11.0. The smallest absolute Gasteiger partial charge is 0.266 e. The Balaban J connectivity index is 1.87. The van der Waals surface area contributed by atoms with Crippen molar-refractivity contribution in [3.8, 4) is 11.8 Å². The third-order valence-electron chi connectivity index (χ3n) is 4.92. The quantitative estimate of drug-likeness (QED) is 0.277. The van der Waals surface area contributed by atoms with Crippen LogP contribution in [0.25, 0.3) is 6.08 Å². The highest BCUT2D eigenvalue weighted by atomic mass is 79.9. The Labute approximate surface area is 201 Å². The average Bonchev–Trinajstić information content (AvgIpc) is 2.78. The van der Waals surface area contributed by atoms with Crippen LogP contribution in [0.4, 0.5) is 5.69 Å². The Morgan fingerprint density at radius 3 is 2.66 bits per heavy atom. The molecule has 0 radical (unpaired) electrons. The summed E-state index contributed by atoms with van der Waals surface area (Å²) in [5.74, 6) is 0.230. The molecular weight excluding hydrogens is 488 g/mol. The van der Waals surface area contributed by atoms with Crippen LogP contribution in [0.5, 0.6) is 5.75 Å². The lowest BCUT2D eigenvalue weighted by Crippen LogP contribution is -2.14.